The van der Waals surface area contributed by atoms with E-state index >= 15 is 0 Å². The molecule has 0 aromatic heterocycles. The van der Waals surface area contributed by atoms with E-state index in [-0.39, 0.29) is 0 Å². The Hall–Kier alpha value is 0.370. The highest BCUT2D eigenvalue weighted by Gasteiger charge is 2.16. The first-order chi connectivity index (χ1) is 6.68. The lowest BCUT2D eigenvalue weighted by Gasteiger charge is -2.21. The number of carbonyl (C=O) groups excluding carboxylic acids is 1. The number of hydrogen-bond donors (Lipinski definition) is 0. The summed E-state index contributed by atoms with van der Waals surface area (Å²) in [6.45, 7) is 3.84. The SMILES string of the molecule is CC(=O)CC(C)SSC1CCCCC1. The average molecular weight is 232 g/mol. The van der Waals surface area contributed by atoms with Gasteiger partial charge in [0.1, 0.15) is 5.78 Å². The van der Waals surface area contributed by atoms with Crippen molar-refractivity contribution in [2.24, 2.45) is 0 Å². The summed E-state index contributed by atoms with van der Waals surface area (Å²) in [7, 11) is 3.92. The zero-order valence-corrected chi connectivity index (χ0v) is 10.8. The van der Waals surface area contributed by atoms with Gasteiger partial charge in [0.05, 0.1) is 0 Å². The number of carbonyl (C=O) groups is 1. The van der Waals surface area contributed by atoms with Crippen molar-refractivity contribution < 1.29 is 4.79 Å². The molecular formula is C11H20OS2. The van der Waals surface area contributed by atoms with Gasteiger partial charge in [0.25, 0.3) is 0 Å². The summed E-state index contributed by atoms with van der Waals surface area (Å²) in [6.07, 6.45) is 7.71. The van der Waals surface area contributed by atoms with E-state index in [4.69, 9.17) is 0 Å². The maximum Gasteiger partial charge on any atom is 0.130 e. The third-order valence-corrected chi connectivity index (χ3v) is 5.97. The highest BCUT2D eigenvalue weighted by Crippen LogP contribution is 2.38. The predicted molar refractivity (Wildman–Crippen MR) is 66.8 cm³/mol. The van der Waals surface area contributed by atoms with Crippen LogP contribution in [-0.4, -0.2) is 16.3 Å². The molecule has 14 heavy (non-hydrogen) atoms. The van der Waals surface area contributed by atoms with E-state index in [1.54, 1.807) is 6.92 Å². The van der Waals surface area contributed by atoms with Gasteiger partial charge < -0.3 is 0 Å². The van der Waals surface area contributed by atoms with Crippen LogP contribution in [-0.2, 0) is 4.79 Å². The first-order valence-corrected chi connectivity index (χ1v) is 7.77. The molecule has 0 aromatic carbocycles. The van der Waals surface area contributed by atoms with Gasteiger partial charge in [0.15, 0.2) is 0 Å². The zero-order valence-electron chi connectivity index (χ0n) is 9.12. The van der Waals surface area contributed by atoms with Gasteiger partial charge in [-0.2, -0.15) is 0 Å². The molecule has 0 heterocycles. The van der Waals surface area contributed by atoms with Crippen LogP contribution in [0.15, 0.2) is 0 Å². The van der Waals surface area contributed by atoms with Crippen molar-refractivity contribution in [3.63, 3.8) is 0 Å². The number of hydrogen-bond acceptors (Lipinski definition) is 3. The quantitative estimate of drug-likeness (QED) is 0.665. The van der Waals surface area contributed by atoms with Crippen LogP contribution in [0.2, 0.25) is 0 Å². The molecule has 0 N–H and O–H groups in total. The average Bonchev–Trinajstić information content (AvgIpc) is 2.15. The molecule has 1 unspecified atom stereocenters. The third-order valence-electron chi connectivity index (χ3n) is 2.48. The highest BCUT2D eigenvalue weighted by atomic mass is 33.1. The summed E-state index contributed by atoms with van der Waals surface area (Å²) in [4.78, 5) is 10.9. The van der Waals surface area contributed by atoms with Gasteiger partial charge >= 0.3 is 0 Å². The third kappa shape index (κ3) is 5.30. The van der Waals surface area contributed by atoms with Crippen molar-refractivity contribution in [3.05, 3.63) is 0 Å². The molecule has 1 aliphatic carbocycles. The summed E-state index contributed by atoms with van der Waals surface area (Å²) in [5, 5.41) is 1.34. The van der Waals surface area contributed by atoms with Crippen LogP contribution in [0.1, 0.15) is 52.4 Å². The fourth-order valence-electron chi connectivity index (χ4n) is 1.77. The van der Waals surface area contributed by atoms with Gasteiger partial charge in [-0.05, 0) is 19.8 Å². The van der Waals surface area contributed by atoms with E-state index in [2.05, 4.69) is 6.92 Å². The first-order valence-electron chi connectivity index (χ1n) is 5.50. The number of Topliss-reactive ketones (excluding diaryl/α,β-unsaturated/α-hetero) is 1. The molecule has 82 valence electrons. The number of ketones is 1. The summed E-state index contributed by atoms with van der Waals surface area (Å²) in [5.74, 6) is 0.314. The van der Waals surface area contributed by atoms with Gasteiger partial charge in [0.2, 0.25) is 0 Å². The second-order valence-corrected chi connectivity index (χ2v) is 7.18. The first kappa shape index (κ1) is 12.4. The zero-order chi connectivity index (χ0) is 10.4. The van der Waals surface area contributed by atoms with Crippen LogP contribution >= 0.6 is 21.6 Å². The summed E-state index contributed by atoms with van der Waals surface area (Å²) >= 11 is 0. The summed E-state index contributed by atoms with van der Waals surface area (Å²) in [5.41, 5.74) is 0. The molecule has 0 radical (unpaired) electrons. The fraction of sp³-hybridized carbons (Fsp3) is 0.909. The Morgan fingerprint density at radius 1 is 1.36 bits per heavy atom. The smallest absolute Gasteiger partial charge is 0.130 e. The van der Waals surface area contributed by atoms with Gasteiger partial charge in [-0.15, -0.1) is 0 Å². The standard InChI is InChI=1S/C11H20OS2/c1-9(12)8-10(2)13-14-11-6-4-3-5-7-11/h10-11H,3-8H2,1-2H3. The van der Waals surface area contributed by atoms with E-state index in [1.165, 1.54) is 32.1 Å². The largest absolute Gasteiger partial charge is 0.300 e. The van der Waals surface area contributed by atoms with Gasteiger partial charge in [-0.1, -0.05) is 47.8 Å². The molecule has 1 rings (SSSR count). The van der Waals surface area contributed by atoms with Gasteiger partial charge in [0, 0.05) is 16.9 Å². The molecule has 0 spiro atoms. The Balaban J connectivity index is 2.09. The molecule has 0 saturated heterocycles. The topological polar surface area (TPSA) is 17.1 Å². The Morgan fingerprint density at radius 3 is 2.57 bits per heavy atom. The van der Waals surface area contributed by atoms with E-state index in [9.17, 15) is 4.79 Å². The summed E-state index contributed by atoms with van der Waals surface area (Å²) in [6, 6.07) is 0. The molecule has 3 heteroatoms. The molecule has 0 bridgehead atoms. The van der Waals surface area contributed by atoms with Crippen LogP contribution in [0.3, 0.4) is 0 Å². The van der Waals surface area contributed by atoms with Crippen LogP contribution in [0.5, 0.6) is 0 Å². The van der Waals surface area contributed by atoms with Gasteiger partial charge in [-0.3, -0.25) is 4.79 Å². The van der Waals surface area contributed by atoms with E-state index in [0.29, 0.717) is 11.0 Å². The fourth-order valence-corrected chi connectivity index (χ4v) is 4.77. The molecule has 0 aromatic rings. The Labute approximate surface area is 95.2 Å². The lowest BCUT2D eigenvalue weighted by Crippen LogP contribution is -2.08. The lowest BCUT2D eigenvalue weighted by molar-refractivity contribution is -0.116. The van der Waals surface area contributed by atoms with Crippen molar-refractivity contribution >= 4 is 27.4 Å². The van der Waals surface area contributed by atoms with Crippen LogP contribution in [0.25, 0.3) is 0 Å². The molecule has 1 atom stereocenters. The molecule has 1 saturated carbocycles. The lowest BCUT2D eigenvalue weighted by atomic mass is 10.0. The van der Waals surface area contributed by atoms with Crippen molar-refractivity contribution in [1.29, 1.82) is 0 Å². The minimum atomic E-state index is 0.314. The van der Waals surface area contributed by atoms with Crippen LogP contribution in [0.4, 0.5) is 0 Å². The molecule has 1 fully saturated rings. The van der Waals surface area contributed by atoms with E-state index in [1.807, 2.05) is 21.6 Å². The molecular weight excluding hydrogens is 212 g/mol. The maximum absolute atomic E-state index is 10.9. The van der Waals surface area contributed by atoms with Crippen molar-refractivity contribution in [1.82, 2.24) is 0 Å². The minimum Gasteiger partial charge on any atom is -0.300 e. The molecule has 0 amide bonds. The maximum atomic E-state index is 10.9. The summed E-state index contributed by atoms with van der Waals surface area (Å²) < 4.78 is 0. The van der Waals surface area contributed by atoms with Gasteiger partial charge in [-0.25, -0.2) is 0 Å². The minimum absolute atomic E-state index is 0.314. The van der Waals surface area contributed by atoms with Crippen molar-refractivity contribution in [3.8, 4) is 0 Å². The molecule has 1 nitrogen and oxygen atoms in total. The number of rotatable bonds is 5. The van der Waals surface area contributed by atoms with Crippen molar-refractivity contribution in [2.45, 2.75) is 62.9 Å². The normalized spacial score (nSPS) is 20.7. The Bertz CT molecular complexity index is 176. The van der Waals surface area contributed by atoms with Crippen LogP contribution in [0, 0.1) is 0 Å². The van der Waals surface area contributed by atoms with E-state index in [0.717, 1.165) is 11.7 Å². The Kier molecular flexibility index (Phi) is 6.02. The highest BCUT2D eigenvalue weighted by molar-refractivity contribution is 8.77. The monoisotopic (exact) mass is 232 g/mol. The van der Waals surface area contributed by atoms with Crippen LogP contribution < -0.4 is 0 Å². The molecule has 1 aliphatic rings. The van der Waals surface area contributed by atoms with Crippen molar-refractivity contribution in [2.75, 3.05) is 0 Å². The predicted octanol–water partition coefficient (Wildman–Crippen LogP) is 4.07. The Morgan fingerprint density at radius 2 is 2.00 bits per heavy atom. The second kappa shape index (κ2) is 6.78. The molecule has 0 aliphatic heterocycles. The van der Waals surface area contributed by atoms with E-state index < -0.39 is 0 Å². The second-order valence-electron chi connectivity index (χ2n) is 4.17.